The summed E-state index contributed by atoms with van der Waals surface area (Å²) < 4.78 is 16.9. The van der Waals surface area contributed by atoms with Crippen molar-refractivity contribution in [1.82, 2.24) is 0 Å². The van der Waals surface area contributed by atoms with Crippen LogP contribution in [-0.2, 0) is 14.7 Å². The molecule has 4 nitrogen and oxygen atoms in total. The normalized spacial score (nSPS) is 12.1. The lowest BCUT2D eigenvalue weighted by molar-refractivity contribution is 0.0653. The fraction of sp³-hybridized carbons (Fsp3) is 0.176. The highest BCUT2D eigenvalue weighted by atomic mass is 31.2. The first-order chi connectivity index (χ1) is 10.3. The van der Waals surface area contributed by atoms with Gasteiger partial charge in [0.1, 0.15) is 5.60 Å². The summed E-state index contributed by atoms with van der Waals surface area (Å²) in [6.07, 6.45) is 0.270. The first-order valence-corrected chi connectivity index (χ1v) is 8.38. The summed E-state index contributed by atoms with van der Waals surface area (Å²) in [6.45, 7) is 5.70. The van der Waals surface area contributed by atoms with Crippen LogP contribution in [0.2, 0.25) is 0 Å². The van der Waals surface area contributed by atoms with E-state index in [4.69, 9.17) is 4.52 Å². The van der Waals surface area contributed by atoms with Crippen molar-refractivity contribution in [2.24, 2.45) is 0 Å². The lowest BCUT2D eigenvalue weighted by atomic mass is 9.82. The van der Waals surface area contributed by atoms with Crippen LogP contribution >= 0.6 is 7.82 Å². The highest BCUT2D eigenvalue weighted by Gasteiger charge is 2.41. The summed E-state index contributed by atoms with van der Waals surface area (Å²) >= 11 is 0. The number of phosphoric acid groups is 1. The molecular formula is C17H19O4P. The second kappa shape index (κ2) is 6.59. The Balaban J connectivity index is 2.68. The molecule has 0 aliphatic carbocycles. The van der Waals surface area contributed by atoms with Crippen LogP contribution in [0, 0.1) is 0 Å². The van der Waals surface area contributed by atoms with E-state index in [0.29, 0.717) is 11.1 Å². The molecule has 0 heterocycles. The highest BCUT2D eigenvalue weighted by molar-refractivity contribution is 7.46. The van der Waals surface area contributed by atoms with Gasteiger partial charge in [0.05, 0.1) is 0 Å². The maximum atomic E-state index is 11.6. The monoisotopic (exact) mass is 318 g/mol. The van der Waals surface area contributed by atoms with Crippen molar-refractivity contribution in [2.75, 3.05) is 0 Å². The van der Waals surface area contributed by atoms with Gasteiger partial charge < -0.3 is 9.79 Å². The largest absolute Gasteiger partial charge is 0.470 e. The molecule has 2 aromatic rings. The molecule has 0 radical (unpaired) electrons. The number of rotatable bonds is 6. The van der Waals surface area contributed by atoms with Crippen molar-refractivity contribution in [3.8, 4) is 0 Å². The fourth-order valence-corrected chi connectivity index (χ4v) is 3.23. The third-order valence-corrected chi connectivity index (χ3v) is 3.86. The molecule has 0 aliphatic rings. The van der Waals surface area contributed by atoms with Crippen LogP contribution in [0.25, 0.3) is 0 Å². The fourth-order valence-electron chi connectivity index (χ4n) is 2.55. The Labute approximate surface area is 130 Å². The minimum Gasteiger partial charge on any atom is -0.303 e. The van der Waals surface area contributed by atoms with Crippen LogP contribution in [0.15, 0.2) is 72.8 Å². The van der Waals surface area contributed by atoms with Crippen LogP contribution in [0.4, 0.5) is 0 Å². The molecule has 2 N–H and O–H groups in total. The van der Waals surface area contributed by atoms with E-state index in [1.165, 1.54) is 0 Å². The third-order valence-electron chi connectivity index (χ3n) is 3.31. The molecular weight excluding hydrogens is 299 g/mol. The zero-order valence-corrected chi connectivity index (χ0v) is 13.2. The molecule has 0 fully saturated rings. The minimum atomic E-state index is -4.72. The topological polar surface area (TPSA) is 66.8 Å². The summed E-state index contributed by atoms with van der Waals surface area (Å²) in [6, 6.07) is 18.1. The Hall–Kier alpha value is -1.71. The van der Waals surface area contributed by atoms with Gasteiger partial charge in [-0.05, 0) is 18.1 Å². The average Bonchev–Trinajstić information content (AvgIpc) is 2.46. The lowest BCUT2D eigenvalue weighted by Gasteiger charge is -2.35. The van der Waals surface area contributed by atoms with Crippen molar-refractivity contribution in [3.63, 3.8) is 0 Å². The first kappa shape index (κ1) is 16.7. The minimum absolute atomic E-state index is 0.270. The Morgan fingerprint density at radius 3 is 1.77 bits per heavy atom. The van der Waals surface area contributed by atoms with Gasteiger partial charge in [0.25, 0.3) is 0 Å². The van der Waals surface area contributed by atoms with Crippen LogP contribution in [-0.4, -0.2) is 9.79 Å². The van der Waals surface area contributed by atoms with Gasteiger partial charge in [-0.2, -0.15) is 0 Å². The Morgan fingerprint density at radius 1 is 1.05 bits per heavy atom. The van der Waals surface area contributed by atoms with Crippen molar-refractivity contribution in [3.05, 3.63) is 83.9 Å². The van der Waals surface area contributed by atoms with Gasteiger partial charge in [-0.25, -0.2) is 4.57 Å². The first-order valence-electron chi connectivity index (χ1n) is 6.85. The molecule has 5 heteroatoms. The summed E-state index contributed by atoms with van der Waals surface area (Å²) in [5.74, 6) is 0. The number of hydrogen-bond donors (Lipinski definition) is 2. The van der Waals surface area contributed by atoms with Crippen molar-refractivity contribution >= 4 is 7.82 Å². The van der Waals surface area contributed by atoms with Crippen LogP contribution in [0.3, 0.4) is 0 Å². The molecule has 0 aromatic heterocycles. The van der Waals surface area contributed by atoms with Crippen molar-refractivity contribution in [1.29, 1.82) is 0 Å². The van der Waals surface area contributed by atoms with Crippen molar-refractivity contribution in [2.45, 2.75) is 18.9 Å². The molecule has 0 saturated carbocycles. The molecule has 0 atom stereocenters. The van der Waals surface area contributed by atoms with E-state index in [0.717, 1.165) is 5.57 Å². The maximum Gasteiger partial charge on any atom is 0.470 e. The van der Waals surface area contributed by atoms with E-state index in [9.17, 15) is 14.4 Å². The molecule has 0 amide bonds. The number of benzene rings is 2. The van der Waals surface area contributed by atoms with Gasteiger partial charge in [0, 0.05) is 6.42 Å². The third kappa shape index (κ3) is 3.93. The average molecular weight is 318 g/mol. The molecule has 116 valence electrons. The Bertz CT molecular complexity index is 637. The van der Waals surface area contributed by atoms with E-state index in [1.807, 2.05) is 43.3 Å². The van der Waals surface area contributed by atoms with Crippen molar-refractivity contribution < 1.29 is 18.9 Å². The van der Waals surface area contributed by atoms with E-state index in [1.54, 1.807) is 24.3 Å². The molecule has 0 spiro atoms. The van der Waals surface area contributed by atoms with Gasteiger partial charge in [0.15, 0.2) is 0 Å². The molecule has 2 rings (SSSR count). The van der Waals surface area contributed by atoms with E-state index >= 15 is 0 Å². The molecule has 22 heavy (non-hydrogen) atoms. The predicted octanol–water partition coefficient (Wildman–Crippen LogP) is 4.01. The summed E-state index contributed by atoms with van der Waals surface area (Å²) in [7, 11) is -4.72. The number of hydrogen-bond acceptors (Lipinski definition) is 2. The molecule has 0 saturated heterocycles. The molecule has 0 bridgehead atoms. The van der Waals surface area contributed by atoms with Crippen LogP contribution in [0.1, 0.15) is 24.5 Å². The van der Waals surface area contributed by atoms with E-state index < -0.39 is 13.4 Å². The van der Waals surface area contributed by atoms with E-state index in [-0.39, 0.29) is 6.42 Å². The van der Waals surface area contributed by atoms with Gasteiger partial charge in [-0.1, -0.05) is 66.2 Å². The molecule has 0 aliphatic heterocycles. The zero-order valence-electron chi connectivity index (χ0n) is 12.3. The summed E-state index contributed by atoms with van der Waals surface area (Å²) in [5.41, 5.74) is 0.842. The highest BCUT2D eigenvalue weighted by Crippen LogP contribution is 2.51. The van der Waals surface area contributed by atoms with Gasteiger partial charge in [-0.15, -0.1) is 6.58 Å². The SMILES string of the molecule is C=C(C)CC(OP(=O)(O)O)(c1ccccc1)c1ccccc1. The maximum absolute atomic E-state index is 11.6. The Morgan fingerprint density at radius 2 is 1.45 bits per heavy atom. The predicted molar refractivity (Wildman–Crippen MR) is 86.2 cm³/mol. The second-order valence-electron chi connectivity index (χ2n) is 5.27. The quantitative estimate of drug-likeness (QED) is 0.624. The molecule has 0 unspecified atom stereocenters. The number of phosphoric ester groups is 1. The second-order valence-corrected chi connectivity index (χ2v) is 6.44. The lowest BCUT2D eigenvalue weighted by Crippen LogP contribution is -2.30. The van der Waals surface area contributed by atoms with Crippen LogP contribution < -0.4 is 0 Å². The van der Waals surface area contributed by atoms with Gasteiger partial charge >= 0.3 is 7.82 Å². The summed E-state index contributed by atoms with van der Waals surface area (Å²) in [4.78, 5) is 18.9. The van der Waals surface area contributed by atoms with Gasteiger partial charge in [-0.3, -0.25) is 4.52 Å². The smallest absolute Gasteiger partial charge is 0.303 e. The van der Waals surface area contributed by atoms with Gasteiger partial charge in [0.2, 0.25) is 0 Å². The standard InChI is InChI=1S/C17H19O4P/c1-14(2)13-17(21-22(18,19)20,15-9-5-3-6-10-15)16-11-7-4-8-12-16/h3-12H,1,13H2,2H3,(H2,18,19,20). The summed E-state index contributed by atoms with van der Waals surface area (Å²) in [5, 5.41) is 0. The zero-order chi connectivity index (χ0) is 16.2. The van der Waals surface area contributed by atoms with Crippen LogP contribution in [0.5, 0.6) is 0 Å². The Kier molecular flexibility index (Phi) is 4.99. The van der Waals surface area contributed by atoms with E-state index in [2.05, 4.69) is 6.58 Å². The molecule has 2 aromatic carbocycles.